The molecule has 0 fully saturated rings. The number of para-hydroxylation sites is 1. The second-order valence-electron chi connectivity index (χ2n) is 3.22. The van der Waals surface area contributed by atoms with Gasteiger partial charge in [0.25, 0.3) is 0 Å². The zero-order chi connectivity index (χ0) is 12.0. The molecule has 1 aromatic rings. The predicted molar refractivity (Wildman–Crippen MR) is 62.4 cm³/mol. The van der Waals surface area contributed by atoms with Crippen LogP contribution in [0.2, 0.25) is 5.02 Å². The highest BCUT2D eigenvalue weighted by Gasteiger charge is 2.03. The molecule has 0 aromatic heterocycles. The monoisotopic (exact) mass is 243 g/mol. The molecule has 0 unspecified atom stereocenters. The molecule has 0 heterocycles. The number of phenols is 1. The van der Waals surface area contributed by atoms with Gasteiger partial charge in [-0.1, -0.05) is 23.7 Å². The molecule has 88 valence electrons. The highest BCUT2D eigenvalue weighted by atomic mass is 35.5. The lowest BCUT2D eigenvalue weighted by Crippen LogP contribution is -2.35. The van der Waals surface area contributed by atoms with Crippen molar-refractivity contribution in [2.45, 2.75) is 6.54 Å². The Morgan fingerprint density at radius 1 is 1.44 bits per heavy atom. The van der Waals surface area contributed by atoms with Crippen LogP contribution in [0, 0.1) is 0 Å². The molecular weight excluding hydrogens is 230 g/mol. The number of rotatable bonds is 5. The molecule has 0 aliphatic carbocycles. The standard InChI is InChI=1S/C10H14ClN3O2/c11-8-3-1-2-7(9(8)15)6-13-4-5-14-10(12)16/h1-3,13,15H,4-6H2,(H3,12,14,16). The van der Waals surface area contributed by atoms with Crippen LogP contribution in [0.15, 0.2) is 18.2 Å². The highest BCUT2D eigenvalue weighted by molar-refractivity contribution is 6.32. The lowest BCUT2D eigenvalue weighted by molar-refractivity contribution is 0.249. The van der Waals surface area contributed by atoms with Crippen molar-refractivity contribution in [3.05, 3.63) is 28.8 Å². The topological polar surface area (TPSA) is 87.4 Å². The summed E-state index contributed by atoms with van der Waals surface area (Å²) >= 11 is 5.74. The summed E-state index contributed by atoms with van der Waals surface area (Å²) in [4.78, 5) is 10.4. The summed E-state index contributed by atoms with van der Waals surface area (Å²) in [5, 5.41) is 15.4. The van der Waals surface area contributed by atoms with Gasteiger partial charge in [-0.15, -0.1) is 0 Å². The molecule has 0 aliphatic heterocycles. The number of halogens is 1. The molecule has 0 atom stereocenters. The maximum Gasteiger partial charge on any atom is 0.312 e. The minimum atomic E-state index is -0.549. The van der Waals surface area contributed by atoms with E-state index in [0.717, 1.165) is 0 Å². The summed E-state index contributed by atoms with van der Waals surface area (Å²) in [6.45, 7) is 1.48. The first-order chi connectivity index (χ1) is 7.61. The van der Waals surface area contributed by atoms with Crippen molar-refractivity contribution in [1.82, 2.24) is 10.6 Å². The molecule has 2 amide bonds. The van der Waals surface area contributed by atoms with E-state index in [1.807, 2.05) is 0 Å². The number of carbonyl (C=O) groups excluding carboxylic acids is 1. The fraction of sp³-hybridized carbons (Fsp3) is 0.300. The number of hydrogen-bond donors (Lipinski definition) is 4. The number of aromatic hydroxyl groups is 1. The first-order valence-corrected chi connectivity index (χ1v) is 5.19. The van der Waals surface area contributed by atoms with E-state index >= 15 is 0 Å². The third kappa shape index (κ3) is 3.96. The normalized spacial score (nSPS) is 10.1. The number of primary amides is 1. The van der Waals surface area contributed by atoms with Crippen molar-refractivity contribution in [2.75, 3.05) is 13.1 Å². The van der Waals surface area contributed by atoms with E-state index in [9.17, 15) is 9.90 Å². The third-order valence-electron chi connectivity index (χ3n) is 1.99. The van der Waals surface area contributed by atoms with E-state index < -0.39 is 6.03 Å². The van der Waals surface area contributed by atoms with E-state index in [2.05, 4.69) is 10.6 Å². The third-order valence-corrected chi connectivity index (χ3v) is 2.29. The second-order valence-corrected chi connectivity index (χ2v) is 3.62. The Kier molecular flexibility index (Phi) is 4.88. The van der Waals surface area contributed by atoms with Crippen LogP contribution in [0.4, 0.5) is 4.79 Å². The Morgan fingerprint density at radius 3 is 2.88 bits per heavy atom. The van der Waals surface area contributed by atoms with Gasteiger partial charge in [0.2, 0.25) is 0 Å². The first kappa shape index (κ1) is 12.6. The maximum atomic E-state index is 10.4. The minimum Gasteiger partial charge on any atom is -0.506 e. The molecule has 5 N–H and O–H groups in total. The van der Waals surface area contributed by atoms with Gasteiger partial charge in [-0.05, 0) is 6.07 Å². The van der Waals surface area contributed by atoms with E-state index in [1.54, 1.807) is 18.2 Å². The van der Waals surface area contributed by atoms with Crippen LogP contribution in [0.25, 0.3) is 0 Å². The van der Waals surface area contributed by atoms with Crippen molar-refractivity contribution in [3.8, 4) is 5.75 Å². The van der Waals surface area contributed by atoms with Gasteiger partial charge in [0, 0.05) is 25.2 Å². The number of nitrogens with two attached hydrogens (primary N) is 1. The molecule has 0 aliphatic rings. The molecule has 0 saturated carbocycles. The Hall–Kier alpha value is -1.46. The fourth-order valence-corrected chi connectivity index (χ4v) is 1.39. The summed E-state index contributed by atoms with van der Waals surface area (Å²) < 4.78 is 0. The summed E-state index contributed by atoms with van der Waals surface area (Å²) in [6, 6.07) is 4.61. The fourth-order valence-electron chi connectivity index (χ4n) is 1.20. The van der Waals surface area contributed by atoms with Crippen LogP contribution in [0.1, 0.15) is 5.56 Å². The highest BCUT2D eigenvalue weighted by Crippen LogP contribution is 2.26. The van der Waals surface area contributed by atoms with Crippen molar-refractivity contribution in [3.63, 3.8) is 0 Å². The smallest absolute Gasteiger partial charge is 0.312 e. The second kappa shape index (κ2) is 6.19. The van der Waals surface area contributed by atoms with Gasteiger partial charge in [0.05, 0.1) is 5.02 Å². The van der Waals surface area contributed by atoms with Crippen molar-refractivity contribution in [2.24, 2.45) is 5.73 Å². The molecule has 1 aromatic carbocycles. The molecule has 1 rings (SSSR count). The van der Waals surface area contributed by atoms with Crippen molar-refractivity contribution >= 4 is 17.6 Å². The first-order valence-electron chi connectivity index (χ1n) is 4.81. The van der Waals surface area contributed by atoms with Gasteiger partial charge in [0.1, 0.15) is 5.75 Å². The van der Waals surface area contributed by atoms with Gasteiger partial charge >= 0.3 is 6.03 Å². The average Bonchev–Trinajstić information content (AvgIpc) is 2.23. The summed E-state index contributed by atoms with van der Waals surface area (Å²) in [5.74, 6) is 0.0829. The number of hydrogen-bond acceptors (Lipinski definition) is 3. The van der Waals surface area contributed by atoms with Crippen LogP contribution >= 0.6 is 11.6 Å². The number of nitrogens with one attached hydrogen (secondary N) is 2. The van der Waals surface area contributed by atoms with Gasteiger partial charge in [-0.25, -0.2) is 4.79 Å². The molecule has 0 spiro atoms. The van der Waals surface area contributed by atoms with Gasteiger partial charge < -0.3 is 21.5 Å². The zero-order valence-electron chi connectivity index (χ0n) is 8.66. The van der Waals surface area contributed by atoms with E-state index in [-0.39, 0.29) is 5.75 Å². The lowest BCUT2D eigenvalue weighted by Gasteiger charge is -2.07. The van der Waals surface area contributed by atoms with Crippen molar-refractivity contribution < 1.29 is 9.90 Å². The van der Waals surface area contributed by atoms with E-state index in [1.165, 1.54) is 0 Å². The molecule has 16 heavy (non-hydrogen) atoms. The van der Waals surface area contributed by atoms with Crippen LogP contribution in [-0.4, -0.2) is 24.2 Å². The number of carbonyl (C=O) groups is 1. The average molecular weight is 244 g/mol. The van der Waals surface area contributed by atoms with Crippen molar-refractivity contribution in [1.29, 1.82) is 0 Å². The predicted octanol–water partition coefficient (Wildman–Crippen LogP) is 0.804. The van der Waals surface area contributed by atoms with Crippen LogP contribution in [0.5, 0.6) is 5.75 Å². The van der Waals surface area contributed by atoms with Gasteiger partial charge in [0.15, 0.2) is 0 Å². The Labute approximate surface area is 98.6 Å². The SMILES string of the molecule is NC(=O)NCCNCc1cccc(Cl)c1O. The molecule has 6 heteroatoms. The molecular formula is C10H14ClN3O2. The van der Waals surface area contributed by atoms with E-state index in [0.29, 0.717) is 30.2 Å². The molecule has 0 radical (unpaired) electrons. The zero-order valence-corrected chi connectivity index (χ0v) is 9.42. The summed E-state index contributed by atoms with van der Waals surface area (Å²) in [7, 11) is 0. The van der Waals surface area contributed by atoms with E-state index in [4.69, 9.17) is 17.3 Å². The summed E-state index contributed by atoms with van der Waals surface area (Å²) in [6.07, 6.45) is 0. The number of urea groups is 1. The largest absolute Gasteiger partial charge is 0.506 e. The Bertz CT molecular complexity index is 371. The molecule has 0 bridgehead atoms. The van der Waals surface area contributed by atoms with Crippen LogP contribution in [0.3, 0.4) is 0 Å². The summed E-state index contributed by atoms with van der Waals surface area (Å²) in [5.41, 5.74) is 5.61. The number of phenolic OH excluding ortho intramolecular Hbond substituents is 1. The minimum absolute atomic E-state index is 0.0829. The lowest BCUT2D eigenvalue weighted by atomic mass is 10.2. The van der Waals surface area contributed by atoms with Crippen LogP contribution < -0.4 is 16.4 Å². The quantitative estimate of drug-likeness (QED) is 0.577. The number of benzene rings is 1. The Morgan fingerprint density at radius 2 is 2.19 bits per heavy atom. The Balaban J connectivity index is 2.32. The molecule has 5 nitrogen and oxygen atoms in total. The molecule has 0 saturated heterocycles. The maximum absolute atomic E-state index is 10.4. The van der Waals surface area contributed by atoms with Gasteiger partial charge in [-0.3, -0.25) is 0 Å². The number of amides is 2. The van der Waals surface area contributed by atoms with Crippen LogP contribution in [-0.2, 0) is 6.54 Å². The van der Waals surface area contributed by atoms with Gasteiger partial charge in [-0.2, -0.15) is 0 Å².